The van der Waals surface area contributed by atoms with Gasteiger partial charge in [-0.25, -0.2) is 9.97 Å². The minimum atomic E-state index is 0.532. The zero-order chi connectivity index (χ0) is 13.1. The normalized spacial score (nSPS) is 10.7. The topological polar surface area (TPSA) is 38.7 Å². The summed E-state index contributed by atoms with van der Waals surface area (Å²) >= 11 is 6.16. The molecule has 0 radical (unpaired) electrons. The molecule has 2 aromatic heterocycles. The number of hydrogen-bond acceptors (Lipinski definition) is 3. The maximum atomic E-state index is 6.16. The van der Waals surface area contributed by atoms with Crippen LogP contribution < -0.4 is 0 Å². The van der Waals surface area contributed by atoms with Crippen molar-refractivity contribution in [3.8, 4) is 11.3 Å². The second-order valence-electron chi connectivity index (χ2n) is 4.34. The fraction of sp³-hybridized carbons (Fsp3) is 0.357. The molecule has 0 fully saturated rings. The van der Waals surface area contributed by atoms with Crippen molar-refractivity contribution in [1.82, 2.24) is 15.0 Å². The Morgan fingerprint density at radius 1 is 1.17 bits per heavy atom. The van der Waals surface area contributed by atoms with E-state index < -0.39 is 0 Å². The van der Waals surface area contributed by atoms with Gasteiger partial charge in [-0.3, -0.25) is 4.98 Å². The monoisotopic (exact) mass is 261 g/mol. The Morgan fingerprint density at radius 2 is 1.94 bits per heavy atom. The summed E-state index contributed by atoms with van der Waals surface area (Å²) in [6.45, 7) is 6.00. The molecule has 0 aliphatic carbocycles. The van der Waals surface area contributed by atoms with Gasteiger partial charge in [-0.15, -0.1) is 0 Å². The molecule has 4 heteroatoms. The van der Waals surface area contributed by atoms with Gasteiger partial charge in [-0.05, 0) is 32.4 Å². The van der Waals surface area contributed by atoms with E-state index in [0.717, 1.165) is 41.2 Å². The van der Waals surface area contributed by atoms with Crippen LogP contribution in [0.3, 0.4) is 0 Å². The molecule has 0 spiro atoms. The van der Waals surface area contributed by atoms with Gasteiger partial charge < -0.3 is 0 Å². The van der Waals surface area contributed by atoms with Gasteiger partial charge >= 0.3 is 0 Å². The first-order valence-corrected chi connectivity index (χ1v) is 6.45. The van der Waals surface area contributed by atoms with Gasteiger partial charge in [0.25, 0.3) is 0 Å². The molecule has 0 aliphatic heterocycles. The van der Waals surface area contributed by atoms with E-state index in [1.54, 1.807) is 0 Å². The average molecular weight is 262 g/mol. The number of aryl methyl sites for hydroxylation is 2. The molecule has 2 heterocycles. The van der Waals surface area contributed by atoms with Crippen LogP contribution in [0.1, 0.15) is 30.4 Å². The smallest absolute Gasteiger partial charge is 0.136 e. The molecule has 0 unspecified atom stereocenters. The fourth-order valence-corrected chi connectivity index (χ4v) is 1.94. The summed E-state index contributed by atoms with van der Waals surface area (Å²) in [5, 5.41) is 0.532. The van der Waals surface area contributed by atoms with Gasteiger partial charge in [0, 0.05) is 29.4 Å². The Labute approximate surface area is 112 Å². The van der Waals surface area contributed by atoms with Gasteiger partial charge in [0.2, 0.25) is 0 Å². The molecule has 0 aliphatic rings. The fourth-order valence-electron chi connectivity index (χ4n) is 1.76. The highest BCUT2D eigenvalue weighted by molar-refractivity contribution is 6.30. The van der Waals surface area contributed by atoms with Gasteiger partial charge in [-0.2, -0.15) is 0 Å². The van der Waals surface area contributed by atoms with Gasteiger partial charge in [0.1, 0.15) is 11.0 Å². The minimum absolute atomic E-state index is 0.532. The standard InChI is InChI=1S/C14H16ClN3/c1-4-5-12-17-13(10(3)14(15)18-12)11-7-6-9(2)16-8-11/h6-8H,4-5H2,1-3H3. The molecule has 2 aromatic rings. The number of hydrogen-bond donors (Lipinski definition) is 0. The first kappa shape index (κ1) is 13.0. The summed E-state index contributed by atoms with van der Waals surface area (Å²) in [4.78, 5) is 13.2. The number of rotatable bonds is 3. The lowest BCUT2D eigenvalue weighted by Crippen LogP contribution is -2.00. The van der Waals surface area contributed by atoms with E-state index in [0.29, 0.717) is 5.15 Å². The van der Waals surface area contributed by atoms with Crippen LogP contribution in [0.5, 0.6) is 0 Å². The molecule has 0 saturated heterocycles. The van der Waals surface area contributed by atoms with E-state index in [4.69, 9.17) is 11.6 Å². The summed E-state index contributed by atoms with van der Waals surface area (Å²) in [5.74, 6) is 0.795. The van der Waals surface area contributed by atoms with Gasteiger partial charge in [0.05, 0.1) is 5.69 Å². The third-order valence-electron chi connectivity index (χ3n) is 2.79. The van der Waals surface area contributed by atoms with Crippen LogP contribution in [0.25, 0.3) is 11.3 Å². The highest BCUT2D eigenvalue weighted by Gasteiger charge is 2.11. The summed E-state index contributed by atoms with van der Waals surface area (Å²) in [5.41, 5.74) is 3.76. The van der Waals surface area contributed by atoms with Crippen LogP contribution in [0, 0.1) is 13.8 Å². The van der Waals surface area contributed by atoms with Crippen LogP contribution in [-0.2, 0) is 6.42 Å². The Balaban J connectivity index is 2.51. The molecule has 18 heavy (non-hydrogen) atoms. The number of halogens is 1. The quantitative estimate of drug-likeness (QED) is 0.790. The molecule has 0 aromatic carbocycles. The Hall–Kier alpha value is -1.48. The van der Waals surface area contributed by atoms with Crippen molar-refractivity contribution in [2.24, 2.45) is 0 Å². The second-order valence-corrected chi connectivity index (χ2v) is 4.70. The molecule has 0 amide bonds. The summed E-state index contributed by atoms with van der Waals surface area (Å²) < 4.78 is 0. The lowest BCUT2D eigenvalue weighted by atomic mass is 10.1. The largest absolute Gasteiger partial charge is 0.261 e. The van der Waals surface area contributed by atoms with E-state index in [2.05, 4.69) is 21.9 Å². The minimum Gasteiger partial charge on any atom is -0.261 e. The summed E-state index contributed by atoms with van der Waals surface area (Å²) in [6, 6.07) is 3.99. The summed E-state index contributed by atoms with van der Waals surface area (Å²) in [6.07, 6.45) is 3.67. The molecule has 2 rings (SSSR count). The van der Waals surface area contributed by atoms with E-state index in [-0.39, 0.29) is 0 Å². The Kier molecular flexibility index (Phi) is 3.92. The van der Waals surface area contributed by atoms with Crippen LogP contribution in [-0.4, -0.2) is 15.0 Å². The van der Waals surface area contributed by atoms with Crippen molar-refractivity contribution in [3.05, 3.63) is 40.6 Å². The number of nitrogens with zero attached hydrogens (tertiary/aromatic N) is 3. The van der Waals surface area contributed by atoms with Gasteiger partial charge in [0.15, 0.2) is 0 Å². The van der Waals surface area contributed by atoms with E-state index in [9.17, 15) is 0 Å². The zero-order valence-corrected chi connectivity index (χ0v) is 11.6. The third kappa shape index (κ3) is 2.67. The Morgan fingerprint density at radius 3 is 2.56 bits per heavy atom. The predicted molar refractivity (Wildman–Crippen MR) is 73.7 cm³/mol. The lowest BCUT2D eigenvalue weighted by Gasteiger charge is -2.09. The zero-order valence-electron chi connectivity index (χ0n) is 10.9. The lowest BCUT2D eigenvalue weighted by molar-refractivity contribution is 0.833. The van der Waals surface area contributed by atoms with E-state index >= 15 is 0 Å². The molecule has 0 atom stereocenters. The van der Waals surface area contributed by atoms with Crippen LogP contribution in [0.15, 0.2) is 18.3 Å². The van der Waals surface area contributed by atoms with E-state index in [1.807, 2.05) is 32.2 Å². The van der Waals surface area contributed by atoms with Crippen molar-refractivity contribution in [1.29, 1.82) is 0 Å². The molecule has 0 saturated carbocycles. The van der Waals surface area contributed by atoms with Crippen molar-refractivity contribution in [2.45, 2.75) is 33.6 Å². The molecular weight excluding hydrogens is 246 g/mol. The number of aromatic nitrogens is 3. The highest BCUT2D eigenvalue weighted by Crippen LogP contribution is 2.25. The van der Waals surface area contributed by atoms with Crippen molar-refractivity contribution >= 4 is 11.6 Å². The maximum Gasteiger partial charge on any atom is 0.136 e. The third-order valence-corrected chi connectivity index (χ3v) is 3.16. The first-order valence-electron chi connectivity index (χ1n) is 6.08. The molecule has 0 bridgehead atoms. The first-order chi connectivity index (χ1) is 8.61. The highest BCUT2D eigenvalue weighted by atomic mass is 35.5. The van der Waals surface area contributed by atoms with Crippen LogP contribution in [0.2, 0.25) is 5.15 Å². The van der Waals surface area contributed by atoms with Gasteiger partial charge in [-0.1, -0.05) is 18.5 Å². The van der Waals surface area contributed by atoms with Crippen molar-refractivity contribution in [2.75, 3.05) is 0 Å². The second kappa shape index (κ2) is 5.44. The SMILES string of the molecule is CCCc1nc(Cl)c(C)c(-c2ccc(C)nc2)n1. The molecular formula is C14H16ClN3. The van der Waals surface area contributed by atoms with Crippen LogP contribution in [0.4, 0.5) is 0 Å². The molecule has 3 nitrogen and oxygen atoms in total. The maximum absolute atomic E-state index is 6.16. The van der Waals surface area contributed by atoms with Crippen molar-refractivity contribution < 1.29 is 0 Å². The van der Waals surface area contributed by atoms with E-state index in [1.165, 1.54) is 0 Å². The molecule has 94 valence electrons. The molecule has 0 N–H and O–H groups in total. The average Bonchev–Trinajstić information content (AvgIpc) is 2.35. The van der Waals surface area contributed by atoms with Crippen molar-refractivity contribution in [3.63, 3.8) is 0 Å². The summed E-state index contributed by atoms with van der Waals surface area (Å²) in [7, 11) is 0. The predicted octanol–water partition coefficient (Wildman–Crippen LogP) is 3.76. The number of pyridine rings is 1. The Bertz CT molecular complexity index is 550. The van der Waals surface area contributed by atoms with Crippen LogP contribution >= 0.6 is 11.6 Å².